The molecule has 1 N–H and O–H groups in total. The van der Waals surface area contributed by atoms with E-state index in [-0.39, 0.29) is 25.0 Å². The summed E-state index contributed by atoms with van der Waals surface area (Å²) in [6.45, 7) is 4.60. The molecule has 6 heteroatoms. The number of carbonyl (C=O) groups excluding carboxylic acids is 2. The number of hydrogen-bond acceptors (Lipinski definition) is 5. The second-order valence-electron chi connectivity index (χ2n) is 14.5. The highest BCUT2D eigenvalue weighted by Crippen LogP contribution is 2.15. The minimum absolute atomic E-state index is 0.0843. The van der Waals surface area contributed by atoms with E-state index in [1.165, 1.54) is 116 Å². The number of unbranched alkanes of at least 4 members (excludes halogenated alkanes) is 24. The lowest BCUT2D eigenvalue weighted by atomic mass is 10.1. The smallest absolute Gasteiger partial charge is 0.306 e. The summed E-state index contributed by atoms with van der Waals surface area (Å²) in [6, 6.07) is 0. The number of carboxylic acid groups (broad SMARTS) is 1. The number of aliphatic carboxylic acids is 1. The van der Waals surface area contributed by atoms with Crippen LogP contribution in [0.4, 0.5) is 0 Å². The lowest BCUT2D eigenvalue weighted by molar-refractivity contribution is -0.159. The Morgan fingerprint density at radius 2 is 0.820 bits per heavy atom. The van der Waals surface area contributed by atoms with Crippen LogP contribution in [-0.2, 0) is 23.9 Å². The quantitative estimate of drug-likeness (QED) is 0.0389. The van der Waals surface area contributed by atoms with E-state index >= 15 is 0 Å². The monoisotopic (exact) mass is 705 g/mol. The molecule has 0 aliphatic rings. The van der Waals surface area contributed by atoms with Gasteiger partial charge in [-0.3, -0.25) is 14.4 Å². The van der Waals surface area contributed by atoms with Gasteiger partial charge < -0.3 is 14.6 Å². The summed E-state index contributed by atoms with van der Waals surface area (Å²) in [5, 5.41) is 8.89. The highest BCUT2D eigenvalue weighted by atomic mass is 16.6. The van der Waals surface area contributed by atoms with Gasteiger partial charge in [0.25, 0.3) is 0 Å². The van der Waals surface area contributed by atoms with Crippen molar-refractivity contribution < 1.29 is 29.0 Å². The Morgan fingerprint density at radius 1 is 0.460 bits per heavy atom. The van der Waals surface area contributed by atoms with Crippen molar-refractivity contribution in [3.63, 3.8) is 0 Å². The Morgan fingerprint density at radius 3 is 1.26 bits per heavy atom. The van der Waals surface area contributed by atoms with Gasteiger partial charge in [-0.2, -0.15) is 0 Å². The van der Waals surface area contributed by atoms with Gasteiger partial charge in [0.05, 0.1) is 0 Å². The third-order valence-electron chi connectivity index (χ3n) is 9.43. The maximum atomic E-state index is 12.6. The van der Waals surface area contributed by atoms with Crippen molar-refractivity contribution in [2.24, 2.45) is 0 Å². The Balaban J connectivity index is 4.05. The molecule has 0 rings (SSSR count). The summed E-state index contributed by atoms with van der Waals surface area (Å²) in [6.07, 6.45) is 44.0. The van der Waals surface area contributed by atoms with Crippen molar-refractivity contribution in [3.05, 3.63) is 24.3 Å². The summed E-state index contributed by atoms with van der Waals surface area (Å²) in [5.41, 5.74) is 0. The van der Waals surface area contributed by atoms with Crippen LogP contribution in [0, 0.1) is 0 Å². The number of rotatable bonds is 39. The molecule has 0 amide bonds. The molecule has 0 fully saturated rings. The Labute approximate surface area is 309 Å². The van der Waals surface area contributed by atoms with Crippen LogP contribution in [0.2, 0.25) is 0 Å². The number of hydrogen-bond donors (Lipinski definition) is 1. The molecular formula is C44H80O6. The summed E-state index contributed by atoms with van der Waals surface area (Å²) in [5.74, 6) is -1.25. The molecule has 0 aromatic carbocycles. The number of carboxylic acids is 1. The fraction of sp³-hybridized carbons (Fsp3) is 0.841. The molecule has 0 aromatic rings. The normalized spacial score (nSPS) is 12.2. The SMILES string of the molecule is CCCCCCCCC=CCCCCCCCC(=O)OCC(CCCCCC(=O)O)OC(=O)CCCCCCCC=CCCCCCCCC. The highest BCUT2D eigenvalue weighted by Gasteiger charge is 2.17. The van der Waals surface area contributed by atoms with Gasteiger partial charge in [-0.15, -0.1) is 0 Å². The minimum Gasteiger partial charge on any atom is -0.481 e. The van der Waals surface area contributed by atoms with Gasteiger partial charge in [0, 0.05) is 19.3 Å². The summed E-state index contributed by atoms with van der Waals surface area (Å²) < 4.78 is 11.3. The van der Waals surface area contributed by atoms with Crippen LogP contribution in [0.3, 0.4) is 0 Å². The zero-order valence-corrected chi connectivity index (χ0v) is 32.9. The molecule has 0 bridgehead atoms. The van der Waals surface area contributed by atoms with E-state index in [0.29, 0.717) is 25.7 Å². The third kappa shape index (κ3) is 38.7. The third-order valence-corrected chi connectivity index (χ3v) is 9.43. The van der Waals surface area contributed by atoms with Crippen molar-refractivity contribution in [1.29, 1.82) is 0 Å². The number of carbonyl (C=O) groups is 3. The predicted octanol–water partition coefficient (Wildman–Crippen LogP) is 13.6. The van der Waals surface area contributed by atoms with E-state index in [0.717, 1.165) is 64.2 Å². The number of esters is 2. The lowest BCUT2D eigenvalue weighted by Crippen LogP contribution is -2.25. The van der Waals surface area contributed by atoms with Crippen molar-refractivity contribution >= 4 is 17.9 Å². The first kappa shape index (κ1) is 47.9. The molecule has 0 aromatic heterocycles. The molecule has 0 spiro atoms. The first-order valence-electron chi connectivity index (χ1n) is 21.4. The molecule has 292 valence electrons. The average Bonchev–Trinajstić information content (AvgIpc) is 3.10. The molecule has 0 aliphatic heterocycles. The Kier molecular flexibility index (Phi) is 38.0. The molecule has 0 radical (unpaired) electrons. The first-order valence-corrected chi connectivity index (χ1v) is 21.4. The Hall–Kier alpha value is -2.11. The molecule has 1 atom stereocenters. The zero-order valence-electron chi connectivity index (χ0n) is 32.9. The van der Waals surface area contributed by atoms with E-state index < -0.39 is 12.1 Å². The van der Waals surface area contributed by atoms with Crippen LogP contribution in [0.25, 0.3) is 0 Å². The van der Waals surface area contributed by atoms with Gasteiger partial charge in [-0.25, -0.2) is 0 Å². The van der Waals surface area contributed by atoms with Crippen molar-refractivity contribution in [3.8, 4) is 0 Å². The minimum atomic E-state index is -0.794. The van der Waals surface area contributed by atoms with E-state index in [4.69, 9.17) is 14.6 Å². The second-order valence-corrected chi connectivity index (χ2v) is 14.5. The molecule has 1 unspecified atom stereocenters. The van der Waals surface area contributed by atoms with Gasteiger partial charge in [0.15, 0.2) is 0 Å². The van der Waals surface area contributed by atoms with Crippen LogP contribution in [-0.4, -0.2) is 35.7 Å². The van der Waals surface area contributed by atoms with Crippen LogP contribution in [0.15, 0.2) is 24.3 Å². The topological polar surface area (TPSA) is 89.9 Å². The highest BCUT2D eigenvalue weighted by molar-refractivity contribution is 5.70. The van der Waals surface area contributed by atoms with E-state index in [2.05, 4.69) is 38.2 Å². The average molecular weight is 705 g/mol. The molecular weight excluding hydrogens is 624 g/mol. The number of allylic oxidation sites excluding steroid dienone is 4. The Bertz CT molecular complexity index is 819. The maximum absolute atomic E-state index is 12.6. The molecule has 0 heterocycles. The molecule has 6 nitrogen and oxygen atoms in total. The van der Waals surface area contributed by atoms with Crippen LogP contribution in [0.5, 0.6) is 0 Å². The summed E-state index contributed by atoms with van der Waals surface area (Å²) in [7, 11) is 0. The lowest BCUT2D eigenvalue weighted by Gasteiger charge is -2.18. The fourth-order valence-electron chi connectivity index (χ4n) is 6.18. The zero-order chi connectivity index (χ0) is 36.6. The van der Waals surface area contributed by atoms with Crippen LogP contribution < -0.4 is 0 Å². The van der Waals surface area contributed by atoms with Gasteiger partial charge in [-0.1, -0.05) is 147 Å². The van der Waals surface area contributed by atoms with Gasteiger partial charge in [0.2, 0.25) is 0 Å². The summed E-state index contributed by atoms with van der Waals surface area (Å²) >= 11 is 0. The van der Waals surface area contributed by atoms with E-state index in [9.17, 15) is 14.4 Å². The van der Waals surface area contributed by atoms with Crippen LogP contribution in [0.1, 0.15) is 226 Å². The van der Waals surface area contributed by atoms with Crippen molar-refractivity contribution in [2.75, 3.05) is 6.61 Å². The van der Waals surface area contributed by atoms with Crippen LogP contribution >= 0.6 is 0 Å². The van der Waals surface area contributed by atoms with Gasteiger partial charge in [-0.05, 0) is 83.5 Å². The molecule has 50 heavy (non-hydrogen) atoms. The predicted molar refractivity (Wildman–Crippen MR) is 210 cm³/mol. The van der Waals surface area contributed by atoms with Gasteiger partial charge in [0.1, 0.15) is 12.7 Å². The van der Waals surface area contributed by atoms with Crippen molar-refractivity contribution in [1.82, 2.24) is 0 Å². The fourth-order valence-corrected chi connectivity index (χ4v) is 6.18. The van der Waals surface area contributed by atoms with Crippen molar-refractivity contribution in [2.45, 2.75) is 232 Å². The maximum Gasteiger partial charge on any atom is 0.306 e. The molecule has 0 aliphatic carbocycles. The van der Waals surface area contributed by atoms with Gasteiger partial charge >= 0.3 is 17.9 Å². The summed E-state index contributed by atoms with van der Waals surface area (Å²) in [4.78, 5) is 35.8. The molecule has 0 saturated carbocycles. The van der Waals surface area contributed by atoms with E-state index in [1.54, 1.807) is 0 Å². The second kappa shape index (κ2) is 39.7. The molecule has 0 saturated heterocycles. The largest absolute Gasteiger partial charge is 0.481 e. The van der Waals surface area contributed by atoms with E-state index in [1.807, 2.05) is 0 Å². The first-order chi connectivity index (χ1) is 24.5. The standard InChI is InChI=1S/C44H80O6/c1-3-5-7-9-11-13-15-17-19-21-23-25-27-29-34-38-43(47)49-40-41(36-32-31-33-37-42(45)46)50-44(48)39-35-30-28-26-24-22-20-18-16-14-12-10-8-6-4-2/h17-20,41H,3-16,21-40H2,1-2H3,(H,45,46). The number of ether oxygens (including phenoxy) is 2.